The summed E-state index contributed by atoms with van der Waals surface area (Å²) >= 11 is 1.21. The largest absolute Gasteiger partial charge is 0.465 e. The lowest BCUT2D eigenvalue weighted by molar-refractivity contribution is -0.139. The van der Waals surface area contributed by atoms with Gasteiger partial charge in [0.15, 0.2) is 5.58 Å². The van der Waals surface area contributed by atoms with Crippen LogP contribution in [0.2, 0.25) is 0 Å². The Hall–Kier alpha value is -1.69. The van der Waals surface area contributed by atoms with E-state index in [9.17, 15) is 4.79 Å². The van der Waals surface area contributed by atoms with E-state index >= 15 is 0 Å². The summed E-state index contributed by atoms with van der Waals surface area (Å²) in [7, 11) is 0. The molecule has 0 saturated heterocycles. The first-order valence-electron chi connectivity index (χ1n) is 5.13. The van der Waals surface area contributed by atoms with Gasteiger partial charge in [-0.1, -0.05) is 11.8 Å². The standard InChI is InChI=1S/C11H12N2O3S/c1-2-15-10(14)6-17-11-13-8-4-3-7(12)5-9(8)16-11/h3-5H,2,6,12H2,1H3. The number of esters is 1. The number of benzene rings is 1. The highest BCUT2D eigenvalue weighted by Crippen LogP contribution is 2.24. The quantitative estimate of drug-likeness (QED) is 0.510. The number of rotatable bonds is 4. The number of oxazole rings is 1. The molecule has 0 aliphatic carbocycles. The number of nitrogen functional groups attached to an aromatic ring is 1. The third-order valence-electron chi connectivity index (χ3n) is 2.01. The number of fused-ring (bicyclic) bond motifs is 1. The minimum absolute atomic E-state index is 0.191. The maximum absolute atomic E-state index is 11.2. The average molecular weight is 252 g/mol. The van der Waals surface area contributed by atoms with Gasteiger partial charge in [0.05, 0.1) is 6.61 Å². The molecule has 17 heavy (non-hydrogen) atoms. The molecule has 0 aliphatic rings. The van der Waals surface area contributed by atoms with Gasteiger partial charge in [0.25, 0.3) is 5.22 Å². The average Bonchev–Trinajstić information content (AvgIpc) is 2.68. The molecule has 0 bridgehead atoms. The molecule has 0 aliphatic heterocycles. The Labute approximate surface area is 102 Å². The van der Waals surface area contributed by atoms with E-state index in [0.717, 1.165) is 5.52 Å². The third kappa shape index (κ3) is 2.91. The number of nitrogens with zero attached hydrogens (tertiary/aromatic N) is 1. The molecule has 6 heteroatoms. The molecule has 0 radical (unpaired) electrons. The van der Waals surface area contributed by atoms with Gasteiger partial charge in [-0.25, -0.2) is 4.98 Å². The van der Waals surface area contributed by atoms with Crippen LogP contribution in [0.15, 0.2) is 27.8 Å². The van der Waals surface area contributed by atoms with Gasteiger partial charge in [-0.2, -0.15) is 0 Å². The summed E-state index contributed by atoms with van der Waals surface area (Å²) in [6, 6.07) is 5.24. The van der Waals surface area contributed by atoms with Crippen LogP contribution in [-0.2, 0) is 9.53 Å². The molecule has 1 heterocycles. The molecule has 0 amide bonds. The fourth-order valence-corrected chi connectivity index (χ4v) is 1.94. The zero-order valence-corrected chi connectivity index (χ0v) is 10.1. The van der Waals surface area contributed by atoms with Gasteiger partial charge < -0.3 is 14.9 Å². The first-order chi connectivity index (χ1) is 8.19. The Morgan fingerprint density at radius 1 is 1.59 bits per heavy atom. The summed E-state index contributed by atoms with van der Waals surface area (Å²) in [5.74, 6) is -0.0878. The normalized spacial score (nSPS) is 10.6. The third-order valence-corrected chi connectivity index (χ3v) is 2.81. The highest BCUT2D eigenvalue weighted by Gasteiger charge is 2.09. The number of ether oxygens (including phenoxy) is 1. The summed E-state index contributed by atoms with van der Waals surface area (Å²) in [6.45, 7) is 2.15. The summed E-state index contributed by atoms with van der Waals surface area (Å²) in [5, 5.41) is 0.443. The van der Waals surface area contributed by atoms with E-state index in [-0.39, 0.29) is 11.7 Å². The highest BCUT2D eigenvalue weighted by atomic mass is 32.2. The minimum Gasteiger partial charge on any atom is -0.465 e. The predicted molar refractivity (Wildman–Crippen MR) is 65.8 cm³/mol. The van der Waals surface area contributed by atoms with Crippen molar-refractivity contribution in [2.24, 2.45) is 0 Å². The second kappa shape index (κ2) is 5.09. The van der Waals surface area contributed by atoms with Crippen molar-refractivity contribution in [3.8, 4) is 0 Å². The van der Waals surface area contributed by atoms with E-state index in [1.165, 1.54) is 11.8 Å². The van der Waals surface area contributed by atoms with Crippen molar-refractivity contribution in [3.05, 3.63) is 18.2 Å². The monoisotopic (exact) mass is 252 g/mol. The van der Waals surface area contributed by atoms with Crippen LogP contribution < -0.4 is 5.73 Å². The van der Waals surface area contributed by atoms with Gasteiger partial charge in [0.1, 0.15) is 11.3 Å². The van der Waals surface area contributed by atoms with Gasteiger partial charge in [-0.05, 0) is 19.1 Å². The van der Waals surface area contributed by atoms with Crippen molar-refractivity contribution >= 4 is 34.5 Å². The van der Waals surface area contributed by atoms with Crippen LogP contribution in [0, 0.1) is 0 Å². The number of carbonyl (C=O) groups is 1. The topological polar surface area (TPSA) is 78.3 Å². The summed E-state index contributed by atoms with van der Waals surface area (Å²) in [6.07, 6.45) is 0. The van der Waals surface area contributed by atoms with Crippen molar-refractivity contribution < 1.29 is 13.9 Å². The van der Waals surface area contributed by atoms with Crippen molar-refractivity contribution in [2.45, 2.75) is 12.1 Å². The molecule has 2 N–H and O–H groups in total. The molecule has 1 aromatic carbocycles. The van der Waals surface area contributed by atoms with Crippen molar-refractivity contribution in [3.63, 3.8) is 0 Å². The number of anilines is 1. The number of nitrogens with two attached hydrogens (primary N) is 1. The molecule has 0 unspecified atom stereocenters. The lowest BCUT2D eigenvalue weighted by Crippen LogP contribution is -2.06. The molecule has 0 saturated carbocycles. The molecular formula is C11H12N2O3S. The minimum atomic E-state index is -0.278. The lowest BCUT2D eigenvalue weighted by atomic mass is 10.3. The summed E-state index contributed by atoms with van der Waals surface area (Å²) in [4.78, 5) is 15.4. The second-order valence-electron chi connectivity index (χ2n) is 3.30. The van der Waals surface area contributed by atoms with E-state index in [1.807, 2.05) is 0 Å². The number of aromatic nitrogens is 1. The molecule has 90 valence electrons. The van der Waals surface area contributed by atoms with E-state index in [1.54, 1.807) is 25.1 Å². The molecule has 0 spiro atoms. The van der Waals surface area contributed by atoms with E-state index in [0.29, 0.717) is 23.1 Å². The summed E-state index contributed by atoms with van der Waals surface area (Å²) < 4.78 is 10.2. The molecule has 0 fully saturated rings. The fourth-order valence-electron chi connectivity index (χ4n) is 1.31. The highest BCUT2D eigenvalue weighted by molar-refractivity contribution is 7.99. The molecule has 1 aromatic heterocycles. The fraction of sp³-hybridized carbons (Fsp3) is 0.273. The smallest absolute Gasteiger partial charge is 0.316 e. The number of hydrogen-bond donors (Lipinski definition) is 1. The number of hydrogen-bond acceptors (Lipinski definition) is 6. The van der Waals surface area contributed by atoms with Crippen LogP contribution >= 0.6 is 11.8 Å². The lowest BCUT2D eigenvalue weighted by Gasteiger charge is -1.97. The zero-order valence-electron chi connectivity index (χ0n) is 9.30. The molecule has 2 rings (SSSR count). The van der Waals surface area contributed by atoms with Crippen LogP contribution in [0.3, 0.4) is 0 Å². The number of thioether (sulfide) groups is 1. The van der Waals surface area contributed by atoms with Crippen LogP contribution in [0.25, 0.3) is 11.1 Å². The maximum Gasteiger partial charge on any atom is 0.316 e. The van der Waals surface area contributed by atoms with Crippen LogP contribution in [0.4, 0.5) is 5.69 Å². The Bertz CT molecular complexity index is 538. The van der Waals surface area contributed by atoms with Gasteiger partial charge in [-0.3, -0.25) is 4.79 Å². The maximum atomic E-state index is 11.2. The van der Waals surface area contributed by atoms with Crippen LogP contribution in [0.1, 0.15) is 6.92 Å². The Balaban J connectivity index is 2.07. The summed E-state index contributed by atoms with van der Waals surface area (Å²) in [5.41, 5.74) is 7.60. The van der Waals surface area contributed by atoms with Crippen molar-refractivity contribution in [1.29, 1.82) is 0 Å². The van der Waals surface area contributed by atoms with Gasteiger partial charge in [0, 0.05) is 11.8 Å². The predicted octanol–water partition coefficient (Wildman–Crippen LogP) is 2.07. The van der Waals surface area contributed by atoms with Crippen molar-refractivity contribution in [1.82, 2.24) is 4.98 Å². The number of carbonyl (C=O) groups excluding carboxylic acids is 1. The second-order valence-corrected chi connectivity index (χ2v) is 4.23. The van der Waals surface area contributed by atoms with Gasteiger partial charge in [-0.15, -0.1) is 0 Å². The van der Waals surface area contributed by atoms with Crippen LogP contribution in [-0.4, -0.2) is 23.3 Å². The molecule has 0 atom stereocenters. The first-order valence-corrected chi connectivity index (χ1v) is 6.12. The van der Waals surface area contributed by atoms with Gasteiger partial charge in [0.2, 0.25) is 0 Å². The molecule has 5 nitrogen and oxygen atoms in total. The zero-order chi connectivity index (χ0) is 12.3. The van der Waals surface area contributed by atoms with Crippen LogP contribution in [0.5, 0.6) is 0 Å². The molecule has 2 aromatic rings. The Morgan fingerprint density at radius 2 is 2.41 bits per heavy atom. The Morgan fingerprint density at radius 3 is 3.18 bits per heavy atom. The van der Waals surface area contributed by atoms with Gasteiger partial charge >= 0.3 is 5.97 Å². The van der Waals surface area contributed by atoms with E-state index in [2.05, 4.69) is 4.98 Å². The molecular weight excluding hydrogens is 240 g/mol. The van der Waals surface area contributed by atoms with E-state index < -0.39 is 0 Å². The Kier molecular flexibility index (Phi) is 3.53. The SMILES string of the molecule is CCOC(=O)CSc1nc2ccc(N)cc2o1. The van der Waals surface area contributed by atoms with Crippen molar-refractivity contribution in [2.75, 3.05) is 18.1 Å². The van der Waals surface area contributed by atoms with E-state index in [4.69, 9.17) is 14.9 Å². The first kappa shape index (κ1) is 11.8.